The molecule has 0 unspecified atom stereocenters. The highest BCUT2D eigenvalue weighted by atomic mass is 16.5. The van der Waals surface area contributed by atoms with Gasteiger partial charge in [-0.2, -0.15) is 0 Å². The third-order valence-corrected chi connectivity index (χ3v) is 4.80. The lowest BCUT2D eigenvalue weighted by Crippen LogP contribution is -2.35. The number of hydrogen-bond donors (Lipinski definition) is 2. The summed E-state index contributed by atoms with van der Waals surface area (Å²) in [5.74, 6) is 2.37. The normalized spacial score (nSPS) is 18.4. The molecule has 3 rings (SSSR count). The molecule has 1 aromatic rings. The standard InChI is InChI=1S/C19H29N3O3/c1-3-23-12-9-19(7-8-19)14-21-18(20-2)22-15-5-6-16-17(13-15)25-11-4-10-24-16/h5-6,13H,3-4,7-12,14H2,1-2H3,(H2,20,21,22). The molecule has 0 spiro atoms. The lowest BCUT2D eigenvalue weighted by Gasteiger charge is -2.19. The molecular formula is C19H29N3O3. The Morgan fingerprint density at radius 3 is 2.76 bits per heavy atom. The Morgan fingerprint density at radius 2 is 2.04 bits per heavy atom. The zero-order chi connectivity index (χ0) is 17.5. The summed E-state index contributed by atoms with van der Waals surface area (Å²) in [6.07, 6.45) is 4.53. The van der Waals surface area contributed by atoms with E-state index in [2.05, 4.69) is 15.6 Å². The van der Waals surface area contributed by atoms with Gasteiger partial charge in [0.05, 0.1) is 13.2 Å². The topological polar surface area (TPSA) is 64.1 Å². The first-order valence-corrected chi connectivity index (χ1v) is 9.20. The van der Waals surface area contributed by atoms with Crippen molar-refractivity contribution in [1.82, 2.24) is 5.32 Å². The maximum Gasteiger partial charge on any atom is 0.195 e. The number of benzene rings is 1. The van der Waals surface area contributed by atoms with E-state index < -0.39 is 0 Å². The number of fused-ring (bicyclic) bond motifs is 1. The Hall–Kier alpha value is -1.95. The van der Waals surface area contributed by atoms with Crippen molar-refractivity contribution in [2.75, 3.05) is 45.3 Å². The van der Waals surface area contributed by atoms with Crippen LogP contribution < -0.4 is 20.1 Å². The van der Waals surface area contributed by atoms with Crippen LogP contribution in [0, 0.1) is 5.41 Å². The molecule has 1 saturated carbocycles. The maximum atomic E-state index is 5.74. The molecule has 25 heavy (non-hydrogen) atoms. The van der Waals surface area contributed by atoms with Gasteiger partial charge in [-0.05, 0) is 43.7 Å². The van der Waals surface area contributed by atoms with Gasteiger partial charge in [-0.3, -0.25) is 4.99 Å². The van der Waals surface area contributed by atoms with Crippen LogP contribution in [0.4, 0.5) is 5.69 Å². The highest BCUT2D eigenvalue weighted by Crippen LogP contribution is 2.48. The molecule has 1 aromatic carbocycles. The minimum Gasteiger partial charge on any atom is -0.490 e. The molecule has 1 fully saturated rings. The smallest absolute Gasteiger partial charge is 0.195 e. The lowest BCUT2D eigenvalue weighted by molar-refractivity contribution is 0.128. The molecule has 1 aliphatic carbocycles. The largest absolute Gasteiger partial charge is 0.490 e. The Labute approximate surface area is 149 Å². The van der Waals surface area contributed by atoms with Gasteiger partial charge in [0.2, 0.25) is 0 Å². The van der Waals surface area contributed by atoms with Crippen LogP contribution in [0.25, 0.3) is 0 Å². The van der Waals surface area contributed by atoms with Crippen LogP contribution in [0.2, 0.25) is 0 Å². The number of ether oxygens (including phenoxy) is 3. The molecule has 1 aliphatic heterocycles. The molecule has 0 amide bonds. The van der Waals surface area contributed by atoms with Gasteiger partial charge in [-0.25, -0.2) is 0 Å². The second kappa shape index (κ2) is 8.43. The molecule has 0 radical (unpaired) electrons. The van der Waals surface area contributed by atoms with Crippen molar-refractivity contribution >= 4 is 11.6 Å². The van der Waals surface area contributed by atoms with Crippen LogP contribution in [-0.2, 0) is 4.74 Å². The van der Waals surface area contributed by atoms with Gasteiger partial charge >= 0.3 is 0 Å². The fourth-order valence-corrected chi connectivity index (χ4v) is 2.95. The molecule has 0 aromatic heterocycles. The quantitative estimate of drug-likeness (QED) is 0.451. The van der Waals surface area contributed by atoms with Crippen molar-refractivity contribution in [1.29, 1.82) is 0 Å². The summed E-state index contributed by atoms with van der Waals surface area (Å²) in [6.45, 7) is 5.98. The van der Waals surface area contributed by atoms with Crippen molar-refractivity contribution in [2.24, 2.45) is 10.4 Å². The van der Waals surface area contributed by atoms with Crippen LogP contribution in [0.15, 0.2) is 23.2 Å². The van der Waals surface area contributed by atoms with Gasteiger partial charge in [0.1, 0.15) is 0 Å². The fraction of sp³-hybridized carbons (Fsp3) is 0.632. The minimum absolute atomic E-state index is 0.373. The van der Waals surface area contributed by atoms with Gasteiger partial charge in [0.25, 0.3) is 0 Å². The molecule has 2 aliphatic rings. The van der Waals surface area contributed by atoms with Crippen molar-refractivity contribution in [2.45, 2.75) is 32.6 Å². The number of nitrogens with one attached hydrogen (secondary N) is 2. The van der Waals surface area contributed by atoms with E-state index >= 15 is 0 Å². The highest BCUT2D eigenvalue weighted by Gasteiger charge is 2.41. The fourth-order valence-electron chi connectivity index (χ4n) is 2.95. The van der Waals surface area contributed by atoms with Crippen LogP contribution in [0.1, 0.15) is 32.6 Å². The van der Waals surface area contributed by atoms with Gasteiger partial charge in [-0.1, -0.05) is 0 Å². The molecule has 0 saturated heterocycles. The van der Waals surface area contributed by atoms with Gasteiger partial charge in [0, 0.05) is 45.0 Å². The average Bonchev–Trinajstić information content (AvgIpc) is 3.42. The number of hydrogen-bond acceptors (Lipinski definition) is 4. The van der Waals surface area contributed by atoms with Crippen molar-refractivity contribution in [3.05, 3.63) is 18.2 Å². The summed E-state index contributed by atoms with van der Waals surface area (Å²) in [4.78, 5) is 4.33. The third-order valence-electron chi connectivity index (χ3n) is 4.80. The first kappa shape index (κ1) is 17.9. The van der Waals surface area contributed by atoms with E-state index in [-0.39, 0.29) is 0 Å². The number of guanidine groups is 1. The van der Waals surface area contributed by atoms with Crippen molar-refractivity contribution in [3.63, 3.8) is 0 Å². The number of anilines is 1. The van der Waals surface area contributed by atoms with Crippen molar-refractivity contribution in [3.8, 4) is 11.5 Å². The van der Waals surface area contributed by atoms with E-state index in [9.17, 15) is 0 Å². The average molecular weight is 347 g/mol. The number of nitrogens with zero attached hydrogens (tertiary/aromatic N) is 1. The van der Waals surface area contributed by atoms with E-state index in [1.54, 1.807) is 7.05 Å². The first-order chi connectivity index (χ1) is 12.2. The summed E-state index contributed by atoms with van der Waals surface area (Å²) >= 11 is 0. The van der Waals surface area contributed by atoms with E-state index in [4.69, 9.17) is 14.2 Å². The van der Waals surface area contributed by atoms with Gasteiger partial charge < -0.3 is 24.8 Å². The monoisotopic (exact) mass is 347 g/mol. The Kier molecular flexibility index (Phi) is 6.02. The predicted octanol–water partition coefficient (Wildman–Crippen LogP) is 3.04. The van der Waals surface area contributed by atoms with Gasteiger partial charge in [0.15, 0.2) is 17.5 Å². The Morgan fingerprint density at radius 1 is 1.24 bits per heavy atom. The zero-order valence-corrected chi connectivity index (χ0v) is 15.3. The number of aliphatic imine (C=N–C) groups is 1. The molecule has 0 atom stereocenters. The SMILES string of the molecule is CCOCCC1(CNC(=NC)Nc2ccc3c(c2)OCCCO3)CC1. The first-order valence-electron chi connectivity index (χ1n) is 9.20. The minimum atomic E-state index is 0.373. The molecule has 2 N–H and O–H groups in total. The van der Waals surface area contributed by atoms with Gasteiger partial charge in [-0.15, -0.1) is 0 Å². The molecule has 6 nitrogen and oxygen atoms in total. The van der Waals surface area contributed by atoms with Crippen LogP contribution >= 0.6 is 0 Å². The summed E-state index contributed by atoms with van der Waals surface area (Å²) in [7, 11) is 1.79. The second-order valence-electron chi connectivity index (χ2n) is 6.71. The van der Waals surface area contributed by atoms with E-state index in [0.29, 0.717) is 18.6 Å². The van der Waals surface area contributed by atoms with Crippen LogP contribution in [-0.4, -0.2) is 46.0 Å². The molecule has 6 heteroatoms. The second-order valence-corrected chi connectivity index (χ2v) is 6.71. The summed E-state index contributed by atoms with van der Waals surface area (Å²) in [6, 6.07) is 5.90. The van der Waals surface area contributed by atoms with Crippen LogP contribution in [0.5, 0.6) is 11.5 Å². The van der Waals surface area contributed by atoms with Crippen LogP contribution in [0.3, 0.4) is 0 Å². The Balaban J connectivity index is 1.53. The molecule has 1 heterocycles. The predicted molar refractivity (Wildman–Crippen MR) is 99.8 cm³/mol. The Bertz CT molecular complexity index is 600. The van der Waals surface area contributed by atoms with E-state index in [0.717, 1.165) is 55.7 Å². The van der Waals surface area contributed by atoms with Crippen molar-refractivity contribution < 1.29 is 14.2 Å². The summed E-state index contributed by atoms with van der Waals surface area (Å²) < 4.78 is 16.9. The third kappa shape index (κ3) is 5.01. The molecule has 0 bridgehead atoms. The van der Waals surface area contributed by atoms with E-state index in [1.807, 2.05) is 25.1 Å². The summed E-state index contributed by atoms with van der Waals surface area (Å²) in [5.41, 5.74) is 1.31. The summed E-state index contributed by atoms with van der Waals surface area (Å²) in [5, 5.41) is 6.79. The molecular weight excluding hydrogens is 318 g/mol. The van der Waals surface area contributed by atoms with E-state index in [1.165, 1.54) is 12.8 Å². The number of rotatable bonds is 7. The highest BCUT2D eigenvalue weighted by molar-refractivity contribution is 5.93. The molecule has 138 valence electrons. The maximum absolute atomic E-state index is 5.74. The lowest BCUT2D eigenvalue weighted by atomic mass is 10.0. The zero-order valence-electron chi connectivity index (χ0n) is 15.3.